The van der Waals surface area contributed by atoms with Crippen LogP contribution in [0, 0.1) is 5.92 Å². The lowest BCUT2D eigenvalue weighted by Gasteiger charge is -2.43. The van der Waals surface area contributed by atoms with E-state index in [1.165, 1.54) is 0 Å². The average molecular weight is 538 g/mol. The maximum Gasteiger partial charge on any atom is 0.308 e. The van der Waals surface area contributed by atoms with Crippen molar-refractivity contribution in [2.24, 2.45) is 5.92 Å². The summed E-state index contributed by atoms with van der Waals surface area (Å²) < 4.78 is 17.6. The molecule has 3 fully saturated rings. The molecule has 0 bridgehead atoms. The fraction of sp³-hybridized carbons (Fsp3) is 0.897. The maximum atomic E-state index is 13.1. The van der Waals surface area contributed by atoms with E-state index in [1.54, 1.807) is 0 Å². The van der Waals surface area contributed by atoms with Gasteiger partial charge in [0.25, 0.3) is 0 Å². The van der Waals surface area contributed by atoms with Gasteiger partial charge in [-0.05, 0) is 67.2 Å². The molecule has 8 atom stereocenters. The van der Waals surface area contributed by atoms with E-state index in [4.69, 9.17) is 14.2 Å². The Kier molecular flexibility index (Phi) is 10.3. The van der Waals surface area contributed by atoms with Crippen molar-refractivity contribution in [3.63, 3.8) is 0 Å². The summed E-state index contributed by atoms with van der Waals surface area (Å²) >= 11 is 0. The topological polar surface area (TPSA) is 115 Å². The van der Waals surface area contributed by atoms with Gasteiger partial charge in [0.2, 0.25) is 0 Å². The molecule has 38 heavy (non-hydrogen) atoms. The molecular weight excluding hydrogens is 486 g/mol. The second kappa shape index (κ2) is 12.6. The molecule has 0 aromatic heterocycles. The van der Waals surface area contributed by atoms with Crippen molar-refractivity contribution in [3.05, 3.63) is 0 Å². The lowest BCUT2D eigenvalue weighted by molar-refractivity contribution is -0.158. The summed E-state index contributed by atoms with van der Waals surface area (Å²) in [4.78, 5) is 38.1. The number of ether oxygens (including phenoxy) is 3. The molecular formula is C29H51N3O6. The van der Waals surface area contributed by atoms with Crippen molar-refractivity contribution in [3.8, 4) is 0 Å². The van der Waals surface area contributed by atoms with E-state index in [0.29, 0.717) is 31.3 Å². The van der Waals surface area contributed by atoms with Gasteiger partial charge < -0.3 is 30.2 Å². The third-order valence-electron chi connectivity index (χ3n) is 8.00. The van der Waals surface area contributed by atoms with Crippen LogP contribution < -0.4 is 16.0 Å². The minimum absolute atomic E-state index is 0.0678. The molecule has 3 heterocycles. The molecule has 218 valence electrons. The van der Waals surface area contributed by atoms with Gasteiger partial charge in [-0.25, -0.2) is 0 Å². The van der Waals surface area contributed by atoms with Crippen molar-refractivity contribution in [1.82, 2.24) is 16.0 Å². The third-order valence-corrected chi connectivity index (χ3v) is 8.00. The van der Waals surface area contributed by atoms with Gasteiger partial charge in [-0.3, -0.25) is 14.4 Å². The summed E-state index contributed by atoms with van der Waals surface area (Å²) in [5.41, 5.74) is -1.03. The van der Waals surface area contributed by atoms with Gasteiger partial charge in [-0.1, -0.05) is 13.8 Å². The highest BCUT2D eigenvalue weighted by Gasteiger charge is 2.42. The number of esters is 3. The first-order valence-corrected chi connectivity index (χ1v) is 14.5. The van der Waals surface area contributed by atoms with Crippen LogP contribution in [0.25, 0.3) is 0 Å². The summed E-state index contributed by atoms with van der Waals surface area (Å²) in [5, 5.41) is 10.5. The monoisotopic (exact) mass is 537 g/mol. The number of nitrogens with one attached hydrogen (secondary N) is 3. The summed E-state index contributed by atoms with van der Waals surface area (Å²) in [6.07, 6.45) is 4.01. The zero-order valence-electron chi connectivity index (χ0n) is 24.7. The molecule has 3 aliphatic rings. The second-order valence-electron chi connectivity index (χ2n) is 13.3. The Balaban J connectivity index is 1.54. The van der Waals surface area contributed by atoms with Crippen LogP contribution in [-0.2, 0) is 28.6 Å². The number of hydrogen-bond donors (Lipinski definition) is 3. The average Bonchev–Trinajstić information content (AvgIpc) is 2.70. The molecule has 0 spiro atoms. The van der Waals surface area contributed by atoms with Crippen molar-refractivity contribution in [2.75, 3.05) is 0 Å². The SMILES string of the molecule is CC1CC(OC(=O)CC2(C)CC(OC(=O)CC3(C)CC(OC(=O)C(C)C)CC(C)N3)CC(C)N2)CC(C)N1. The first-order valence-electron chi connectivity index (χ1n) is 14.5. The molecule has 0 aromatic carbocycles. The van der Waals surface area contributed by atoms with Crippen LogP contribution in [0.5, 0.6) is 0 Å². The number of carbonyl (C=O) groups excluding carboxylic acids is 3. The normalized spacial score (nSPS) is 39.9. The van der Waals surface area contributed by atoms with Gasteiger partial charge in [0.1, 0.15) is 18.3 Å². The predicted octanol–water partition coefficient (Wildman–Crippen LogP) is 3.38. The molecule has 9 nitrogen and oxygen atoms in total. The van der Waals surface area contributed by atoms with Gasteiger partial charge in [0, 0.05) is 48.1 Å². The van der Waals surface area contributed by atoms with Gasteiger partial charge in [-0.15, -0.1) is 0 Å². The number of hydrogen-bond acceptors (Lipinski definition) is 9. The highest BCUT2D eigenvalue weighted by atomic mass is 16.6. The van der Waals surface area contributed by atoms with Crippen molar-refractivity contribution >= 4 is 17.9 Å². The van der Waals surface area contributed by atoms with Gasteiger partial charge in [0.15, 0.2) is 0 Å². The zero-order chi connectivity index (χ0) is 28.3. The van der Waals surface area contributed by atoms with Crippen molar-refractivity contribution in [2.45, 2.75) is 160 Å². The quantitative estimate of drug-likeness (QED) is 0.317. The van der Waals surface area contributed by atoms with Crippen LogP contribution in [0.1, 0.15) is 107 Å². The molecule has 0 saturated carbocycles. The molecule has 0 aromatic rings. The molecule has 0 aliphatic carbocycles. The Bertz CT molecular complexity index is 842. The highest BCUT2D eigenvalue weighted by Crippen LogP contribution is 2.32. The lowest BCUT2D eigenvalue weighted by atomic mass is 9.82. The van der Waals surface area contributed by atoms with E-state index in [9.17, 15) is 14.4 Å². The molecule has 3 rings (SSSR count). The standard InChI is InChI=1S/C29H51N3O6/c1-17(2)27(35)38-24-12-21(6)32-29(8,14-24)16-26(34)37-23-11-20(5)31-28(7,13-23)15-25(33)36-22-9-18(3)30-19(4)10-22/h17-24,30-32H,9-16H2,1-8H3. The van der Waals surface area contributed by atoms with E-state index in [2.05, 4.69) is 36.7 Å². The molecule has 3 aliphatic heterocycles. The Labute approximate surface area is 228 Å². The Morgan fingerprint density at radius 2 is 1.08 bits per heavy atom. The molecule has 8 unspecified atom stereocenters. The minimum Gasteiger partial charge on any atom is -0.462 e. The molecule has 0 amide bonds. The van der Waals surface area contributed by atoms with Crippen LogP contribution in [0.2, 0.25) is 0 Å². The highest BCUT2D eigenvalue weighted by molar-refractivity contribution is 5.73. The van der Waals surface area contributed by atoms with E-state index in [-0.39, 0.29) is 67.1 Å². The second-order valence-corrected chi connectivity index (χ2v) is 13.3. The Hall–Kier alpha value is -1.71. The summed E-state index contributed by atoms with van der Waals surface area (Å²) in [6, 6.07) is 0.863. The van der Waals surface area contributed by atoms with E-state index >= 15 is 0 Å². The van der Waals surface area contributed by atoms with Crippen LogP contribution in [-0.4, -0.2) is 71.5 Å². The molecule has 3 N–H and O–H groups in total. The Morgan fingerprint density at radius 1 is 0.684 bits per heavy atom. The van der Waals surface area contributed by atoms with E-state index in [0.717, 1.165) is 19.3 Å². The maximum absolute atomic E-state index is 13.1. The third kappa shape index (κ3) is 9.19. The number of rotatable bonds is 8. The molecule has 9 heteroatoms. The number of piperidine rings is 3. The smallest absolute Gasteiger partial charge is 0.308 e. The largest absolute Gasteiger partial charge is 0.462 e. The molecule has 3 saturated heterocycles. The van der Waals surface area contributed by atoms with Crippen LogP contribution in [0.4, 0.5) is 0 Å². The van der Waals surface area contributed by atoms with Crippen molar-refractivity contribution < 1.29 is 28.6 Å². The Morgan fingerprint density at radius 3 is 1.53 bits per heavy atom. The van der Waals surface area contributed by atoms with Gasteiger partial charge in [-0.2, -0.15) is 0 Å². The molecule has 0 radical (unpaired) electrons. The number of carbonyl (C=O) groups is 3. The van der Waals surface area contributed by atoms with E-state index in [1.807, 2.05) is 34.6 Å². The van der Waals surface area contributed by atoms with E-state index < -0.39 is 11.1 Å². The van der Waals surface area contributed by atoms with Crippen LogP contribution in [0.3, 0.4) is 0 Å². The first-order chi connectivity index (χ1) is 17.6. The minimum atomic E-state index is -0.522. The fourth-order valence-electron chi connectivity index (χ4n) is 6.81. The lowest BCUT2D eigenvalue weighted by Crippen LogP contribution is -2.58. The van der Waals surface area contributed by atoms with Gasteiger partial charge >= 0.3 is 17.9 Å². The van der Waals surface area contributed by atoms with Crippen LogP contribution >= 0.6 is 0 Å². The van der Waals surface area contributed by atoms with Crippen LogP contribution in [0.15, 0.2) is 0 Å². The summed E-state index contributed by atoms with van der Waals surface area (Å²) in [5.74, 6) is -0.874. The predicted molar refractivity (Wildman–Crippen MR) is 145 cm³/mol. The summed E-state index contributed by atoms with van der Waals surface area (Å²) in [6.45, 7) is 16.0. The zero-order valence-corrected chi connectivity index (χ0v) is 24.7. The van der Waals surface area contributed by atoms with Gasteiger partial charge in [0.05, 0.1) is 18.8 Å². The van der Waals surface area contributed by atoms with Crippen molar-refractivity contribution in [1.29, 1.82) is 0 Å². The fourth-order valence-corrected chi connectivity index (χ4v) is 6.81. The summed E-state index contributed by atoms with van der Waals surface area (Å²) in [7, 11) is 0. The first kappa shape index (κ1) is 30.8.